The van der Waals surface area contributed by atoms with Gasteiger partial charge in [-0.05, 0) is 71.9 Å². The fraction of sp³-hybridized carbons (Fsp3) is 0.429. The molecular weight excluding hydrogens is 437 g/mol. The first-order valence-corrected chi connectivity index (χ1v) is 12.4. The summed E-state index contributed by atoms with van der Waals surface area (Å²) in [6.45, 7) is 1.16. The normalized spacial score (nSPS) is 28.3. The molecule has 1 heterocycles. The van der Waals surface area contributed by atoms with Gasteiger partial charge >= 0.3 is 0 Å². The minimum Gasteiger partial charge on any atom is -0.213 e. The van der Waals surface area contributed by atoms with Gasteiger partial charge in [0.05, 0.1) is 6.26 Å². The van der Waals surface area contributed by atoms with Crippen molar-refractivity contribution in [2.75, 3.05) is 19.3 Å². The summed E-state index contributed by atoms with van der Waals surface area (Å²) in [5, 5.41) is 1.99. The molecule has 1 saturated heterocycles. The summed E-state index contributed by atoms with van der Waals surface area (Å²) in [6.07, 6.45) is 3.26. The highest BCUT2D eigenvalue weighted by Gasteiger charge is 2.47. The van der Waals surface area contributed by atoms with Gasteiger partial charge in [0.15, 0.2) is 0 Å². The van der Waals surface area contributed by atoms with Crippen LogP contribution in [0.1, 0.15) is 35.8 Å². The molecule has 1 saturated carbocycles. The highest BCUT2D eigenvalue weighted by atomic mass is 35.5. The first-order valence-electron chi connectivity index (χ1n) is 9.39. The van der Waals surface area contributed by atoms with Crippen LogP contribution in [0.2, 0.25) is 15.1 Å². The van der Waals surface area contributed by atoms with Crippen LogP contribution in [0.5, 0.6) is 0 Å². The van der Waals surface area contributed by atoms with Crippen LogP contribution in [-0.4, -0.2) is 32.1 Å². The molecule has 1 unspecified atom stereocenters. The van der Waals surface area contributed by atoms with Crippen molar-refractivity contribution in [3.63, 3.8) is 0 Å². The highest BCUT2D eigenvalue weighted by molar-refractivity contribution is 7.88. The third-order valence-corrected chi connectivity index (χ3v) is 8.34. The molecule has 0 aromatic heterocycles. The SMILES string of the molecule is CS(=O)(=O)N1C[C@@H]2CCC(c3ccc(Cl)cc3Cl)[C@H](c3ccc(Cl)cc3)[C@@H]2C1. The summed E-state index contributed by atoms with van der Waals surface area (Å²) >= 11 is 18.8. The Morgan fingerprint density at radius 1 is 0.929 bits per heavy atom. The molecule has 0 bridgehead atoms. The molecule has 0 amide bonds. The molecule has 2 aromatic carbocycles. The number of rotatable bonds is 3. The largest absolute Gasteiger partial charge is 0.213 e. The van der Waals surface area contributed by atoms with E-state index in [0.717, 1.165) is 18.4 Å². The topological polar surface area (TPSA) is 37.4 Å². The first-order chi connectivity index (χ1) is 13.2. The number of halogens is 3. The van der Waals surface area contributed by atoms with Crippen molar-refractivity contribution < 1.29 is 8.42 Å². The van der Waals surface area contributed by atoms with E-state index in [4.69, 9.17) is 34.8 Å². The van der Waals surface area contributed by atoms with E-state index in [1.807, 2.05) is 24.3 Å². The summed E-state index contributed by atoms with van der Waals surface area (Å²) in [5.41, 5.74) is 2.27. The van der Waals surface area contributed by atoms with E-state index >= 15 is 0 Å². The molecule has 3 nitrogen and oxygen atoms in total. The van der Waals surface area contributed by atoms with Crippen LogP contribution in [0.3, 0.4) is 0 Å². The van der Waals surface area contributed by atoms with Crippen molar-refractivity contribution in [2.45, 2.75) is 24.7 Å². The van der Waals surface area contributed by atoms with Gasteiger partial charge in [-0.25, -0.2) is 12.7 Å². The number of nitrogens with zero attached hydrogens (tertiary/aromatic N) is 1. The Kier molecular flexibility index (Phi) is 5.71. The summed E-state index contributed by atoms with van der Waals surface area (Å²) in [6, 6.07) is 13.6. The average Bonchev–Trinajstić information content (AvgIpc) is 3.07. The van der Waals surface area contributed by atoms with E-state index in [2.05, 4.69) is 12.1 Å². The lowest BCUT2D eigenvalue weighted by molar-refractivity contribution is 0.228. The zero-order chi connectivity index (χ0) is 20.1. The molecule has 2 aliphatic rings. The van der Waals surface area contributed by atoms with Crippen LogP contribution < -0.4 is 0 Å². The molecule has 1 aliphatic carbocycles. The zero-order valence-corrected chi connectivity index (χ0v) is 18.6. The predicted octanol–water partition coefficient (Wildman–Crippen LogP) is 5.82. The van der Waals surface area contributed by atoms with Gasteiger partial charge in [0.1, 0.15) is 0 Å². The molecule has 4 rings (SSSR count). The molecule has 0 radical (unpaired) electrons. The third-order valence-electron chi connectivity index (χ3n) is 6.29. The highest BCUT2D eigenvalue weighted by Crippen LogP contribution is 2.53. The molecular formula is C21H22Cl3NO2S. The van der Waals surface area contributed by atoms with Crippen LogP contribution in [0.4, 0.5) is 0 Å². The monoisotopic (exact) mass is 457 g/mol. The summed E-state index contributed by atoms with van der Waals surface area (Å²) in [5.74, 6) is 1.01. The predicted molar refractivity (Wildman–Crippen MR) is 116 cm³/mol. The van der Waals surface area contributed by atoms with Gasteiger partial charge < -0.3 is 0 Å². The quantitative estimate of drug-likeness (QED) is 0.581. The van der Waals surface area contributed by atoms with Crippen molar-refractivity contribution in [3.8, 4) is 0 Å². The number of benzene rings is 2. The van der Waals surface area contributed by atoms with Crippen LogP contribution in [-0.2, 0) is 10.0 Å². The number of fused-ring (bicyclic) bond motifs is 1. The van der Waals surface area contributed by atoms with Gasteiger partial charge in [-0.2, -0.15) is 0 Å². The zero-order valence-electron chi connectivity index (χ0n) is 15.5. The Hall–Kier alpha value is -0.780. The van der Waals surface area contributed by atoms with Crippen LogP contribution in [0, 0.1) is 11.8 Å². The third kappa shape index (κ3) is 3.95. The van der Waals surface area contributed by atoms with Gasteiger partial charge in [-0.1, -0.05) is 53.0 Å². The second-order valence-corrected chi connectivity index (χ2v) is 11.2. The van der Waals surface area contributed by atoms with Gasteiger partial charge in [0.2, 0.25) is 10.0 Å². The molecule has 28 heavy (non-hydrogen) atoms. The number of hydrogen-bond acceptors (Lipinski definition) is 2. The summed E-state index contributed by atoms with van der Waals surface area (Å²) < 4.78 is 26.0. The molecule has 7 heteroatoms. The second kappa shape index (κ2) is 7.81. The van der Waals surface area contributed by atoms with E-state index in [1.165, 1.54) is 11.8 Å². The maximum absolute atomic E-state index is 12.2. The van der Waals surface area contributed by atoms with Crippen LogP contribution in [0.25, 0.3) is 0 Å². The fourth-order valence-electron chi connectivity index (χ4n) is 5.03. The van der Waals surface area contributed by atoms with Crippen LogP contribution in [0.15, 0.2) is 42.5 Å². The van der Waals surface area contributed by atoms with E-state index in [-0.39, 0.29) is 17.8 Å². The molecule has 0 spiro atoms. The van der Waals surface area contributed by atoms with Gasteiger partial charge in [-0.3, -0.25) is 0 Å². The van der Waals surface area contributed by atoms with Crippen molar-refractivity contribution in [2.24, 2.45) is 11.8 Å². The molecule has 4 atom stereocenters. The molecule has 0 N–H and O–H groups in total. The van der Waals surface area contributed by atoms with Gasteiger partial charge in [0, 0.05) is 28.2 Å². The lowest BCUT2D eigenvalue weighted by Gasteiger charge is -2.40. The van der Waals surface area contributed by atoms with Crippen LogP contribution >= 0.6 is 34.8 Å². The average molecular weight is 459 g/mol. The van der Waals surface area contributed by atoms with Gasteiger partial charge in [-0.15, -0.1) is 0 Å². The first kappa shape index (κ1) is 20.5. The molecule has 150 valence electrons. The Morgan fingerprint density at radius 2 is 1.61 bits per heavy atom. The lowest BCUT2D eigenvalue weighted by atomic mass is 9.63. The van der Waals surface area contributed by atoms with Crippen molar-refractivity contribution in [1.82, 2.24) is 4.31 Å². The molecule has 2 aromatic rings. The Balaban J connectivity index is 1.77. The maximum atomic E-state index is 12.2. The Labute approximate surface area is 181 Å². The van der Waals surface area contributed by atoms with Crippen molar-refractivity contribution in [1.29, 1.82) is 0 Å². The van der Waals surface area contributed by atoms with E-state index in [9.17, 15) is 8.42 Å². The lowest BCUT2D eigenvalue weighted by Crippen LogP contribution is -2.32. The smallest absolute Gasteiger partial charge is 0.211 e. The second-order valence-electron chi connectivity index (χ2n) is 7.93. The fourth-order valence-corrected chi connectivity index (χ4v) is 6.61. The minimum atomic E-state index is -3.20. The molecule has 2 fully saturated rings. The van der Waals surface area contributed by atoms with E-state index in [0.29, 0.717) is 34.1 Å². The summed E-state index contributed by atoms with van der Waals surface area (Å²) in [4.78, 5) is 0. The number of sulfonamides is 1. The summed E-state index contributed by atoms with van der Waals surface area (Å²) in [7, 11) is -3.20. The Morgan fingerprint density at radius 3 is 2.25 bits per heavy atom. The molecule has 1 aliphatic heterocycles. The maximum Gasteiger partial charge on any atom is 0.211 e. The van der Waals surface area contributed by atoms with E-state index in [1.54, 1.807) is 10.4 Å². The Bertz CT molecular complexity index is 978. The van der Waals surface area contributed by atoms with Gasteiger partial charge in [0.25, 0.3) is 0 Å². The minimum absolute atomic E-state index is 0.182. The van der Waals surface area contributed by atoms with Crippen molar-refractivity contribution >= 4 is 44.8 Å². The standard InChI is InChI=1S/C21H22Cl3NO2S/c1-28(26,27)25-11-14-4-8-18(17-9-7-16(23)10-20(17)24)21(19(14)12-25)13-2-5-15(22)6-3-13/h2-3,5-7,9-10,14,18-19,21H,4,8,11-12H2,1H3/t14-,18?,19+,21-/m0/s1. The van der Waals surface area contributed by atoms with Crippen molar-refractivity contribution in [3.05, 3.63) is 68.7 Å². The van der Waals surface area contributed by atoms with E-state index < -0.39 is 10.0 Å². The number of hydrogen-bond donors (Lipinski definition) is 0.